The van der Waals surface area contributed by atoms with Gasteiger partial charge in [0.15, 0.2) is 0 Å². The molecule has 32 heavy (non-hydrogen) atoms. The molecule has 4 nitrogen and oxygen atoms in total. The van der Waals surface area contributed by atoms with Crippen molar-refractivity contribution in [2.45, 2.75) is 25.2 Å². The van der Waals surface area contributed by atoms with Gasteiger partial charge in [-0.2, -0.15) is 0 Å². The molecule has 0 N–H and O–H groups in total. The van der Waals surface area contributed by atoms with E-state index in [4.69, 9.17) is 28.2 Å². The average Bonchev–Trinajstić information content (AvgIpc) is 2.97. The smallest absolute Gasteiger partial charge is 0.227 e. The summed E-state index contributed by atoms with van der Waals surface area (Å²) in [5.74, 6) is 0.635. The SMILES string of the molecule is O=C(Cc1cccnc1)N1CCC(C2c3ccc(Cl)cc3C=Cc3c(Cl)ccnc32)CC1. The summed E-state index contributed by atoms with van der Waals surface area (Å²) in [6.45, 7) is 1.49. The molecule has 2 aliphatic rings. The predicted molar refractivity (Wildman–Crippen MR) is 129 cm³/mol. The van der Waals surface area contributed by atoms with Crippen molar-refractivity contribution in [3.63, 3.8) is 0 Å². The van der Waals surface area contributed by atoms with E-state index in [0.29, 0.717) is 22.4 Å². The van der Waals surface area contributed by atoms with Gasteiger partial charge in [0.2, 0.25) is 5.91 Å². The number of hydrogen-bond acceptors (Lipinski definition) is 3. The molecule has 1 amide bonds. The molecule has 6 heteroatoms. The molecule has 2 aromatic heterocycles. The number of pyridine rings is 2. The Balaban J connectivity index is 1.40. The quantitative estimate of drug-likeness (QED) is 0.486. The predicted octanol–water partition coefficient (Wildman–Crippen LogP) is 5.88. The molecular weight excluding hydrogens is 441 g/mol. The fourth-order valence-electron chi connectivity index (χ4n) is 4.92. The summed E-state index contributed by atoms with van der Waals surface area (Å²) in [4.78, 5) is 23.7. The zero-order chi connectivity index (χ0) is 22.1. The van der Waals surface area contributed by atoms with E-state index in [2.05, 4.69) is 17.1 Å². The number of fused-ring (bicyclic) bond motifs is 2. The molecule has 1 atom stereocenters. The number of aromatic nitrogens is 2. The second kappa shape index (κ2) is 9.05. The molecule has 0 radical (unpaired) electrons. The highest BCUT2D eigenvalue weighted by atomic mass is 35.5. The minimum absolute atomic E-state index is 0.113. The number of hydrogen-bond donors (Lipinski definition) is 0. The number of carbonyl (C=O) groups excluding carboxylic acids is 1. The van der Waals surface area contributed by atoms with Gasteiger partial charge in [-0.15, -0.1) is 0 Å². The largest absolute Gasteiger partial charge is 0.342 e. The van der Waals surface area contributed by atoms with Crippen LogP contribution < -0.4 is 0 Å². The van der Waals surface area contributed by atoms with Crippen LogP contribution in [-0.2, 0) is 11.2 Å². The first-order valence-electron chi connectivity index (χ1n) is 10.9. The summed E-state index contributed by atoms with van der Waals surface area (Å²) >= 11 is 12.9. The van der Waals surface area contributed by atoms with E-state index in [0.717, 1.165) is 48.3 Å². The molecule has 0 saturated carbocycles. The third-order valence-electron chi connectivity index (χ3n) is 6.52. The standard InChI is InChI=1S/C26H23Cl2N3O/c27-20-4-6-21-19(15-20)3-5-22-23(28)7-11-30-26(22)25(21)18-8-12-31(13-9-18)24(32)14-17-2-1-10-29-16-17/h1-7,10-11,15-16,18,25H,8-9,12-14H2. The number of halogens is 2. The Labute approximate surface area is 197 Å². The van der Waals surface area contributed by atoms with Crippen LogP contribution in [-0.4, -0.2) is 33.9 Å². The van der Waals surface area contributed by atoms with Gasteiger partial charge in [-0.3, -0.25) is 14.8 Å². The van der Waals surface area contributed by atoms with Crippen molar-refractivity contribution in [2.75, 3.05) is 13.1 Å². The van der Waals surface area contributed by atoms with Gasteiger partial charge in [0.05, 0.1) is 17.1 Å². The second-order valence-electron chi connectivity index (χ2n) is 8.43. The van der Waals surface area contributed by atoms with Crippen molar-refractivity contribution in [3.05, 3.63) is 93.0 Å². The van der Waals surface area contributed by atoms with Crippen LogP contribution >= 0.6 is 23.2 Å². The molecule has 0 spiro atoms. The average molecular weight is 464 g/mol. The fraction of sp³-hybridized carbons (Fsp3) is 0.269. The van der Waals surface area contributed by atoms with Gasteiger partial charge in [-0.1, -0.05) is 47.5 Å². The van der Waals surface area contributed by atoms with Gasteiger partial charge in [0.1, 0.15) is 0 Å². The monoisotopic (exact) mass is 463 g/mol. The van der Waals surface area contributed by atoms with Gasteiger partial charge in [0.25, 0.3) is 0 Å². The lowest BCUT2D eigenvalue weighted by Crippen LogP contribution is -2.40. The lowest BCUT2D eigenvalue weighted by molar-refractivity contribution is -0.131. The van der Waals surface area contributed by atoms with Crippen molar-refractivity contribution in [3.8, 4) is 0 Å². The van der Waals surface area contributed by atoms with Crippen LogP contribution in [0.4, 0.5) is 0 Å². The van der Waals surface area contributed by atoms with Crippen LogP contribution in [0.25, 0.3) is 12.2 Å². The van der Waals surface area contributed by atoms with E-state index in [1.54, 1.807) is 18.6 Å². The van der Waals surface area contributed by atoms with Crippen molar-refractivity contribution in [1.29, 1.82) is 0 Å². The van der Waals surface area contributed by atoms with Crippen molar-refractivity contribution in [1.82, 2.24) is 14.9 Å². The molecule has 162 valence electrons. The fourth-order valence-corrected chi connectivity index (χ4v) is 5.32. The van der Waals surface area contributed by atoms with E-state index in [1.165, 1.54) is 5.56 Å². The normalized spacial score (nSPS) is 18.1. The molecular formula is C26H23Cl2N3O. The highest BCUT2D eigenvalue weighted by Crippen LogP contribution is 2.44. The summed E-state index contributed by atoms with van der Waals surface area (Å²) < 4.78 is 0. The van der Waals surface area contributed by atoms with Crippen molar-refractivity contribution < 1.29 is 4.79 Å². The minimum atomic E-state index is 0.113. The summed E-state index contributed by atoms with van der Waals surface area (Å²) in [5, 5.41) is 1.42. The van der Waals surface area contributed by atoms with Crippen molar-refractivity contribution in [2.24, 2.45) is 5.92 Å². The number of carbonyl (C=O) groups is 1. The van der Waals surface area contributed by atoms with Gasteiger partial charge >= 0.3 is 0 Å². The zero-order valence-electron chi connectivity index (χ0n) is 17.5. The topological polar surface area (TPSA) is 46.1 Å². The second-order valence-corrected chi connectivity index (χ2v) is 9.28. The first-order valence-corrected chi connectivity index (χ1v) is 11.6. The van der Waals surface area contributed by atoms with E-state index in [1.807, 2.05) is 41.3 Å². The molecule has 1 unspecified atom stereocenters. The highest BCUT2D eigenvalue weighted by Gasteiger charge is 2.34. The van der Waals surface area contributed by atoms with E-state index < -0.39 is 0 Å². The minimum Gasteiger partial charge on any atom is -0.342 e. The Morgan fingerprint density at radius 2 is 1.91 bits per heavy atom. The van der Waals surface area contributed by atoms with Crippen LogP contribution in [0.1, 0.15) is 46.7 Å². The van der Waals surface area contributed by atoms with Crippen LogP contribution in [0.15, 0.2) is 55.0 Å². The summed E-state index contributed by atoms with van der Waals surface area (Å²) in [5.41, 5.74) is 5.26. The van der Waals surface area contributed by atoms with Crippen LogP contribution in [0.3, 0.4) is 0 Å². The molecule has 1 saturated heterocycles. The zero-order valence-corrected chi connectivity index (χ0v) is 19.1. The van der Waals surface area contributed by atoms with E-state index in [-0.39, 0.29) is 11.8 Å². The first kappa shape index (κ1) is 21.2. The number of benzene rings is 1. The van der Waals surface area contributed by atoms with E-state index >= 15 is 0 Å². The lowest BCUT2D eigenvalue weighted by atomic mass is 9.76. The number of rotatable bonds is 3. The maximum atomic E-state index is 12.8. The third-order valence-corrected chi connectivity index (χ3v) is 7.08. The maximum absolute atomic E-state index is 12.8. The Hall–Kier alpha value is -2.69. The van der Waals surface area contributed by atoms with Crippen LogP contribution in [0.5, 0.6) is 0 Å². The molecule has 1 aliphatic carbocycles. The van der Waals surface area contributed by atoms with Gasteiger partial charge < -0.3 is 4.90 Å². The molecule has 3 aromatic rings. The van der Waals surface area contributed by atoms with Gasteiger partial charge in [-0.05, 0) is 59.7 Å². The van der Waals surface area contributed by atoms with Gasteiger partial charge in [-0.25, -0.2) is 0 Å². The van der Waals surface area contributed by atoms with Gasteiger partial charge in [0, 0.05) is 48.2 Å². The number of piperidine rings is 1. The van der Waals surface area contributed by atoms with E-state index in [9.17, 15) is 4.79 Å². The Kier molecular flexibility index (Phi) is 5.99. The number of amides is 1. The highest BCUT2D eigenvalue weighted by molar-refractivity contribution is 6.32. The number of likely N-dealkylation sites (tertiary alicyclic amines) is 1. The van der Waals surface area contributed by atoms with Crippen LogP contribution in [0, 0.1) is 5.92 Å². The Morgan fingerprint density at radius 1 is 1.06 bits per heavy atom. The number of nitrogens with zero attached hydrogens (tertiary/aromatic N) is 3. The van der Waals surface area contributed by atoms with Crippen LogP contribution in [0.2, 0.25) is 10.0 Å². The third kappa shape index (κ3) is 4.17. The Morgan fingerprint density at radius 3 is 2.69 bits per heavy atom. The first-order chi connectivity index (χ1) is 15.6. The molecule has 1 aromatic carbocycles. The molecule has 5 rings (SSSR count). The maximum Gasteiger partial charge on any atom is 0.227 e. The summed E-state index contributed by atoms with van der Waals surface area (Å²) in [7, 11) is 0. The lowest BCUT2D eigenvalue weighted by Gasteiger charge is -2.37. The Bertz CT molecular complexity index is 1170. The molecule has 1 aliphatic heterocycles. The van der Waals surface area contributed by atoms with Crippen molar-refractivity contribution >= 4 is 41.3 Å². The summed E-state index contributed by atoms with van der Waals surface area (Å²) in [6, 6.07) is 11.7. The molecule has 1 fully saturated rings. The molecule has 0 bridgehead atoms. The summed E-state index contributed by atoms with van der Waals surface area (Å²) in [6.07, 6.45) is 11.6. The molecule has 3 heterocycles.